The first-order valence-electron chi connectivity index (χ1n) is 6.73. The van der Waals surface area contributed by atoms with Crippen LogP contribution in [0.3, 0.4) is 0 Å². The van der Waals surface area contributed by atoms with Crippen LogP contribution in [0, 0.1) is 6.92 Å². The summed E-state index contributed by atoms with van der Waals surface area (Å²) in [5, 5.41) is 8.48. The summed E-state index contributed by atoms with van der Waals surface area (Å²) in [5.74, 6) is 1.63. The lowest BCUT2D eigenvalue weighted by atomic mass is 10.3. The molecule has 0 atom stereocenters. The Kier molecular flexibility index (Phi) is 3.19. The van der Waals surface area contributed by atoms with E-state index in [1.165, 1.54) is 11.8 Å². The maximum absolute atomic E-state index is 5.56. The van der Waals surface area contributed by atoms with Crippen molar-refractivity contribution in [2.75, 3.05) is 0 Å². The lowest BCUT2D eigenvalue weighted by Crippen LogP contribution is -1.84. The third-order valence-electron chi connectivity index (χ3n) is 3.21. The van der Waals surface area contributed by atoms with E-state index in [-0.39, 0.29) is 0 Å². The van der Waals surface area contributed by atoms with Gasteiger partial charge in [0, 0.05) is 18.1 Å². The van der Waals surface area contributed by atoms with Crippen molar-refractivity contribution in [3.63, 3.8) is 0 Å². The first kappa shape index (κ1) is 13.1. The van der Waals surface area contributed by atoms with Crippen LogP contribution in [0.2, 0.25) is 0 Å². The fraction of sp³-hybridized carbons (Fsp3) is 0.133. The summed E-state index contributed by atoms with van der Waals surface area (Å²) >= 11 is 1.45. The van der Waals surface area contributed by atoms with Gasteiger partial charge in [0.05, 0.1) is 12.0 Å². The number of rotatable bonds is 4. The number of aryl methyl sites for hydroxylation is 1. The van der Waals surface area contributed by atoms with Crippen molar-refractivity contribution in [1.29, 1.82) is 0 Å². The summed E-state index contributed by atoms with van der Waals surface area (Å²) in [6.45, 7) is 2.05. The van der Waals surface area contributed by atoms with Gasteiger partial charge < -0.3 is 13.2 Å². The first-order valence-corrected chi connectivity index (χ1v) is 7.71. The Labute approximate surface area is 130 Å². The molecule has 4 aromatic heterocycles. The van der Waals surface area contributed by atoms with Crippen molar-refractivity contribution in [2.24, 2.45) is 0 Å². The number of thioether (sulfide) groups is 1. The zero-order valence-corrected chi connectivity index (χ0v) is 12.6. The lowest BCUT2D eigenvalue weighted by Gasteiger charge is -1.94. The number of hydrogen-bond acceptors (Lipinski definition) is 6. The van der Waals surface area contributed by atoms with E-state index in [9.17, 15) is 0 Å². The van der Waals surface area contributed by atoms with Gasteiger partial charge in [-0.1, -0.05) is 17.8 Å². The second-order valence-corrected chi connectivity index (χ2v) is 5.72. The molecule has 0 aliphatic rings. The maximum atomic E-state index is 5.56. The van der Waals surface area contributed by atoms with Gasteiger partial charge in [0.2, 0.25) is 0 Å². The Hall–Kier alpha value is -2.54. The number of aromatic nitrogens is 4. The highest BCUT2D eigenvalue weighted by Gasteiger charge is 2.12. The number of hydrogen-bond donors (Lipinski definition) is 0. The van der Waals surface area contributed by atoms with Crippen LogP contribution in [-0.2, 0) is 5.75 Å². The molecule has 0 aromatic carbocycles. The van der Waals surface area contributed by atoms with E-state index >= 15 is 0 Å². The molecule has 0 amide bonds. The van der Waals surface area contributed by atoms with Crippen LogP contribution >= 0.6 is 11.8 Å². The standard InChI is InChI=1S/C15H12N4O2S/c1-10-4-2-6-19-8-11(16-13(10)19)9-22-15-18-17-14(21-15)12-5-3-7-20-12/h2-8H,9H2,1H3. The molecule has 0 radical (unpaired) electrons. The Balaban J connectivity index is 1.51. The predicted molar refractivity (Wildman–Crippen MR) is 81.5 cm³/mol. The quantitative estimate of drug-likeness (QED) is 0.536. The van der Waals surface area contributed by atoms with Crippen LogP contribution in [0.1, 0.15) is 11.3 Å². The number of nitrogens with zero attached hydrogens (tertiary/aromatic N) is 4. The number of fused-ring (bicyclic) bond motifs is 1. The van der Waals surface area contributed by atoms with Gasteiger partial charge in [-0.05, 0) is 30.7 Å². The Morgan fingerprint density at radius 3 is 3.00 bits per heavy atom. The highest BCUT2D eigenvalue weighted by molar-refractivity contribution is 7.98. The zero-order valence-electron chi connectivity index (χ0n) is 11.8. The minimum Gasteiger partial charge on any atom is -0.459 e. The van der Waals surface area contributed by atoms with Gasteiger partial charge in [0.1, 0.15) is 5.65 Å². The molecule has 110 valence electrons. The average Bonchev–Trinajstić information content (AvgIpc) is 3.25. The fourth-order valence-corrected chi connectivity index (χ4v) is 2.82. The molecular formula is C15H12N4O2S. The van der Waals surface area contributed by atoms with Crippen LogP contribution in [0.4, 0.5) is 0 Å². The second-order valence-electron chi connectivity index (χ2n) is 4.79. The van der Waals surface area contributed by atoms with Crippen molar-refractivity contribution >= 4 is 17.4 Å². The molecule has 22 heavy (non-hydrogen) atoms. The molecule has 4 aromatic rings. The number of imidazole rings is 1. The molecule has 4 rings (SSSR count). The van der Waals surface area contributed by atoms with Crippen molar-refractivity contribution in [1.82, 2.24) is 19.6 Å². The van der Waals surface area contributed by atoms with Crippen molar-refractivity contribution in [3.05, 3.63) is 54.2 Å². The summed E-state index contributed by atoms with van der Waals surface area (Å²) in [6, 6.07) is 7.62. The lowest BCUT2D eigenvalue weighted by molar-refractivity contribution is 0.447. The molecule has 0 fully saturated rings. The summed E-state index contributed by atoms with van der Waals surface area (Å²) in [4.78, 5) is 4.62. The molecular weight excluding hydrogens is 300 g/mol. The van der Waals surface area contributed by atoms with Gasteiger partial charge in [-0.15, -0.1) is 10.2 Å². The first-order chi connectivity index (χ1) is 10.8. The molecule has 6 nitrogen and oxygen atoms in total. The molecule has 0 N–H and O–H groups in total. The van der Waals surface area contributed by atoms with Gasteiger partial charge in [0.15, 0.2) is 5.76 Å². The monoisotopic (exact) mass is 312 g/mol. The highest BCUT2D eigenvalue weighted by Crippen LogP contribution is 2.25. The maximum Gasteiger partial charge on any atom is 0.284 e. The summed E-state index contributed by atoms with van der Waals surface area (Å²) in [5.41, 5.74) is 3.09. The molecule has 0 unspecified atom stereocenters. The minimum absolute atomic E-state index is 0.387. The third kappa shape index (κ3) is 2.39. The van der Waals surface area contributed by atoms with E-state index < -0.39 is 0 Å². The minimum atomic E-state index is 0.387. The summed E-state index contributed by atoms with van der Waals surface area (Å²) in [6.07, 6.45) is 5.58. The fourth-order valence-electron chi connectivity index (χ4n) is 2.18. The van der Waals surface area contributed by atoms with E-state index in [1.54, 1.807) is 18.4 Å². The van der Waals surface area contributed by atoms with Crippen molar-refractivity contribution in [3.8, 4) is 11.7 Å². The molecule has 0 bridgehead atoms. The van der Waals surface area contributed by atoms with Crippen molar-refractivity contribution < 1.29 is 8.83 Å². The molecule has 7 heteroatoms. The Morgan fingerprint density at radius 2 is 2.18 bits per heavy atom. The second kappa shape index (κ2) is 5.34. The largest absolute Gasteiger partial charge is 0.459 e. The highest BCUT2D eigenvalue weighted by atomic mass is 32.2. The van der Waals surface area contributed by atoms with E-state index in [2.05, 4.69) is 15.2 Å². The third-order valence-corrected chi connectivity index (χ3v) is 4.06. The van der Waals surface area contributed by atoms with Crippen LogP contribution in [0.5, 0.6) is 0 Å². The van der Waals surface area contributed by atoms with Gasteiger partial charge in [0.25, 0.3) is 11.1 Å². The molecule has 0 saturated heterocycles. The normalized spacial score (nSPS) is 11.3. The Bertz CT molecular complexity index is 911. The molecule has 0 aliphatic carbocycles. The SMILES string of the molecule is Cc1cccn2cc(CSc3nnc(-c4ccco4)o3)nc12. The van der Waals surface area contributed by atoms with E-state index in [0.29, 0.717) is 22.6 Å². The Morgan fingerprint density at radius 1 is 1.23 bits per heavy atom. The van der Waals surface area contributed by atoms with Gasteiger partial charge >= 0.3 is 0 Å². The molecule has 0 aliphatic heterocycles. The topological polar surface area (TPSA) is 69.4 Å². The summed E-state index contributed by atoms with van der Waals surface area (Å²) < 4.78 is 12.8. The predicted octanol–water partition coefficient (Wildman–Crippen LogP) is 3.58. The molecule has 4 heterocycles. The van der Waals surface area contributed by atoms with E-state index in [1.807, 2.05) is 35.9 Å². The average molecular weight is 312 g/mol. The molecule has 0 saturated carbocycles. The van der Waals surface area contributed by atoms with Gasteiger partial charge in [-0.2, -0.15) is 0 Å². The smallest absolute Gasteiger partial charge is 0.284 e. The van der Waals surface area contributed by atoms with E-state index in [4.69, 9.17) is 8.83 Å². The van der Waals surface area contributed by atoms with Gasteiger partial charge in [-0.25, -0.2) is 4.98 Å². The zero-order chi connectivity index (χ0) is 14.9. The van der Waals surface area contributed by atoms with Gasteiger partial charge in [-0.3, -0.25) is 0 Å². The van der Waals surface area contributed by atoms with Crippen molar-refractivity contribution in [2.45, 2.75) is 17.9 Å². The summed E-state index contributed by atoms with van der Waals surface area (Å²) in [7, 11) is 0. The van der Waals surface area contributed by atoms with Crippen LogP contribution < -0.4 is 0 Å². The van der Waals surface area contributed by atoms with Crippen LogP contribution in [0.15, 0.2) is 57.0 Å². The number of pyridine rings is 1. The van der Waals surface area contributed by atoms with Crippen LogP contribution in [-0.4, -0.2) is 19.6 Å². The van der Waals surface area contributed by atoms with E-state index in [0.717, 1.165) is 16.9 Å². The molecule has 0 spiro atoms. The number of furan rings is 1. The van der Waals surface area contributed by atoms with Crippen LogP contribution in [0.25, 0.3) is 17.3 Å².